The van der Waals surface area contributed by atoms with Crippen LogP contribution in [0.1, 0.15) is 60.7 Å². The first-order valence-electron chi connectivity index (χ1n) is 14.2. The number of benzene rings is 4. The van der Waals surface area contributed by atoms with Gasteiger partial charge in [-0.1, -0.05) is 55.0 Å². The fourth-order valence-corrected chi connectivity index (χ4v) is 5.88. The van der Waals surface area contributed by atoms with Crippen molar-refractivity contribution in [3.8, 4) is 0 Å². The zero-order valence-corrected chi connectivity index (χ0v) is 22.8. The molecule has 0 aliphatic carbocycles. The summed E-state index contributed by atoms with van der Waals surface area (Å²) >= 11 is 0. The molecule has 0 aromatic heterocycles. The molecule has 8 nitrogen and oxygen atoms in total. The zero-order valence-electron chi connectivity index (χ0n) is 22.8. The van der Waals surface area contributed by atoms with E-state index in [-0.39, 0.29) is 23.6 Å². The van der Waals surface area contributed by atoms with Gasteiger partial charge in [0, 0.05) is 59.2 Å². The molecule has 6 rings (SSSR count). The molecule has 2 heterocycles. The molecule has 4 aromatic rings. The van der Waals surface area contributed by atoms with Crippen molar-refractivity contribution in [3.63, 3.8) is 0 Å². The van der Waals surface area contributed by atoms with E-state index in [1.807, 2.05) is 48.5 Å². The lowest BCUT2D eigenvalue weighted by atomic mass is 9.94. The molecule has 41 heavy (non-hydrogen) atoms. The van der Waals surface area contributed by atoms with Gasteiger partial charge in [0.2, 0.25) is 0 Å². The zero-order chi connectivity index (χ0) is 28.3. The number of amides is 4. The Morgan fingerprint density at radius 3 is 1.12 bits per heavy atom. The summed E-state index contributed by atoms with van der Waals surface area (Å²) in [4.78, 5) is 54.6. The van der Waals surface area contributed by atoms with Gasteiger partial charge in [0.15, 0.2) is 0 Å². The largest absolute Gasteiger partial charge is 0.315 e. The summed E-state index contributed by atoms with van der Waals surface area (Å²) in [5, 5.41) is 10.0. The molecule has 8 heteroatoms. The number of carbonyl (C=O) groups excluding carboxylic acids is 4. The normalized spacial score (nSPS) is 14.5. The lowest BCUT2D eigenvalue weighted by molar-refractivity contribution is 0.0597. The number of nitrogens with zero attached hydrogens (tertiary/aromatic N) is 2. The minimum absolute atomic E-state index is 0.235. The van der Waals surface area contributed by atoms with Crippen molar-refractivity contribution < 1.29 is 19.2 Å². The summed E-state index contributed by atoms with van der Waals surface area (Å²) in [6.07, 6.45) is 2.94. The van der Waals surface area contributed by atoms with Gasteiger partial charge < -0.3 is 10.6 Å². The average molecular weight is 549 g/mol. The van der Waals surface area contributed by atoms with Crippen molar-refractivity contribution in [2.45, 2.75) is 19.3 Å². The summed E-state index contributed by atoms with van der Waals surface area (Å²) < 4.78 is 0. The van der Waals surface area contributed by atoms with E-state index in [9.17, 15) is 19.2 Å². The molecule has 0 bridgehead atoms. The van der Waals surface area contributed by atoms with Crippen LogP contribution in [0.2, 0.25) is 0 Å². The molecule has 0 spiro atoms. The average Bonchev–Trinajstić information content (AvgIpc) is 3.00. The van der Waals surface area contributed by atoms with Crippen molar-refractivity contribution in [1.82, 2.24) is 20.4 Å². The van der Waals surface area contributed by atoms with Gasteiger partial charge in [-0.3, -0.25) is 29.0 Å². The third-order valence-electron chi connectivity index (χ3n) is 7.94. The summed E-state index contributed by atoms with van der Waals surface area (Å²) in [5.41, 5.74) is 2.34. The van der Waals surface area contributed by atoms with Gasteiger partial charge in [-0.05, 0) is 61.0 Å². The van der Waals surface area contributed by atoms with Gasteiger partial charge in [0.25, 0.3) is 23.6 Å². The highest BCUT2D eigenvalue weighted by molar-refractivity contribution is 6.26. The predicted octanol–water partition coefficient (Wildman–Crippen LogP) is 4.23. The first-order valence-corrected chi connectivity index (χ1v) is 14.2. The monoisotopic (exact) mass is 548 g/mol. The van der Waals surface area contributed by atoms with Gasteiger partial charge in [0.1, 0.15) is 0 Å². The molecule has 2 aliphatic heterocycles. The maximum Gasteiger partial charge on any atom is 0.261 e. The quantitative estimate of drug-likeness (QED) is 0.203. The Kier molecular flexibility index (Phi) is 7.59. The molecular formula is C33H32N4O4. The van der Waals surface area contributed by atoms with Gasteiger partial charge >= 0.3 is 0 Å². The highest BCUT2D eigenvalue weighted by atomic mass is 16.2. The van der Waals surface area contributed by atoms with Gasteiger partial charge in [-0.15, -0.1) is 0 Å². The van der Waals surface area contributed by atoms with E-state index < -0.39 is 0 Å². The number of hydrogen-bond acceptors (Lipinski definition) is 6. The Balaban J connectivity index is 0.877. The molecule has 0 unspecified atom stereocenters. The van der Waals surface area contributed by atoms with Crippen molar-refractivity contribution in [2.24, 2.45) is 0 Å². The van der Waals surface area contributed by atoms with Crippen LogP contribution in [-0.4, -0.2) is 72.7 Å². The second kappa shape index (κ2) is 11.6. The molecule has 0 radical (unpaired) electrons. The van der Waals surface area contributed by atoms with Gasteiger partial charge in [-0.25, -0.2) is 0 Å². The lowest BCUT2D eigenvalue weighted by Crippen LogP contribution is -2.44. The first-order chi connectivity index (χ1) is 20.1. The standard InChI is InChI=1S/C33H32N4O4/c38-30-24-12-4-8-22-9-5-13-25(28(22)24)31(39)36(30)20-18-34-16-2-1-3-17-35-19-21-37-32(40)26-14-6-10-23-11-7-15-27(29(23)26)33(37)41/h4-15,34-35H,1-3,16-21H2. The predicted molar refractivity (Wildman–Crippen MR) is 158 cm³/mol. The maximum atomic E-state index is 13.0. The van der Waals surface area contributed by atoms with Crippen LogP contribution in [0, 0.1) is 0 Å². The molecule has 208 valence electrons. The molecule has 0 atom stereocenters. The minimum Gasteiger partial charge on any atom is -0.315 e. The van der Waals surface area contributed by atoms with Crippen molar-refractivity contribution in [3.05, 3.63) is 95.1 Å². The van der Waals surface area contributed by atoms with Crippen LogP contribution < -0.4 is 10.6 Å². The molecule has 4 aromatic carbocycles. The Hall–Kier alpha value is -4.40. The Labute approximate surface area is 238 Å². The number of imide groups is 2. The highest BCUT2D eigenvalue weighted by Crippen LogP contribution is 2.31. The smallest absolute Gasteiger partial charge is 0.261 e. The van der Waals surface area contributed by atoms with E-state index >= 15 is 0 Å². The maximum absolute atomic E-state index is 13.0. The van der Waals surface area contributed by atoms with Crippen molar-refractivity contribution >= 4 is 45.2 Å². The number of hydrogen-bond donors (Lipinski definition) is 2. The topological polar surface area (TPSA) is 98.8 Å². The Bertz CT molecular complexity index is 1460. The SMILES string of the molecule is O=C1c2cccc3cccc(c23)C(=O)N1CCNCCCCCNCCN1C(=O)c2cccc3cccc(c23)C1=O. The summed E-state index contributed by atoms with van der Waals surface area (Å²) in [6.45, 7) is 3.34. The third-order valence-corrected chi connectivity index (χ3v) is 7.94. The van der Waals surface area contributed by atoms with E-state index in [0.717, 1.165) is 53.9 Å². The number of nitrogens with one attached hydrogen (secondary N) is 2. The summed E-state index contributed by atoms with van der Waals surface area (Å²) in [5.74, 6) is -0.939. The van der Waals surface area contributed by atoms with E-state index in [1.165, 1.54) is 9.80 Å². The number of carbonyl (C=O) groups is 4. The third kappa shape index (κ3) is 5.01. The van der Waals surface area contributed by atoms with Crippen LogP contribution >= 0.6 is 0 Å². The molecular weight excluding hydrogens is 516 g/mol. The number of rotatable bonds is 12. The van der Waals surface area contributed by atoms with Crippen LogP contribution in [-0.2, 0) is 0 Å². The van der Waals surface area contributed by atoms with Crippen molar-refractivity contribution in [2.75, 3.05) is 39.3 Å². The van der Waals surface area contributed by atoms with E-state index in [4.69, 9.17) is 0 Å². The number of unbranched alkanes of at least 4 members (excludes halogenated alkanes) is 2. The van der Waals surface area contributed by atoms with E-state index in [2.05, 4.69) is 10.6 Å². The minimum atomic E-state index is -0.235. The molecule has 0 saturated heterocycles. The fourth-order valence-electron chi connectivity index (χ4n) is 5.88. The molecule has 2 aliphatic rings. The van der Waals surface area contributed by atoms with Crippen LogP contribution in [0.5, 0.6) is 0 Å². The molecule has 0 saturated carbocycles. The van der Waals surface area contributed by atoms with Crippen LogP contribution in [0.15, 0.2) is 72.8 Å². The van der Waals surface area contributed by atoms with Crippen LogP contribution in [0.3, 0.4) is 0 Å². The fraction of sp³-hybridized carbons (Fsp3) is 0.273. The van der Waals surface area contributed by atoms with Crippen LogP contribution in [0.4, 0.5) is 0 Å². The van der Waals surface area contributed by atoms with Gasteiger partial charge in [0.05, 0.1) is 0 Å². The second-order valence-electron chi connectivity index (χ2n) is 10.5. The Morgan fingerprint density at radius 2 is 0.780 bits per heavy atom. The van der Waals surface area contributed by atoms with E-state index in [0.29, 0.717) is 48.4 Å². The Morgan fingerprint density at radius 1 is 0.439 bits per heavy atom. The highest BCUT2D eigenvalue weighted by Gasteiger charge is 2.33. The van der Waals surface area contributed by atoms with E-state index in [1.54, 1.807) is 24.3 Å². The molecule has 2 N–H and O–H groups in total. The summed E-state index contributed by atoms with van der Waals surface area (Å²) in [6, 6.07) is 22.3. The lowest BCUT2D eigenvalue weighted by Gasteiger charge is -2.27. The molecule has 0 fully saturated rings. The first kappa shape index (κ1) is 26.8. The molecule has 4 amide bonds. The van der Waals surface area contributed by atoms with Gasteiger partial charge in [-0.2, -0.15) is 0 Å². The van der Waals surface area contributed by atoms with Crippen molar-refractivity contribution in [1.29, 1.82) is 0 Å². The van der Waals surface area contributed by atoms with Crippen LogP contribution in [0.25, 0.3) is 21.5 Å². The second-order valence-corrected chi connectivity index (χ2v) is 10.5. The summed E-state index contributed by atoms with van der Waals surface area (Å²) in [7, 11) is 0.